The molecule has 2 atom stereocenters. The predicted octanol–water partition coefficient (Wildman–Crippen LogP) is 3.53. The molecule has 0 heterocycles. The van der Waals surface area contributed by atoms with Gasteiger partial charge in [0.25, 0.3) is 0 Å². The smallest absolute Gasteiger partial charge is 0.464 e. The van der Waals surface area contributed by atoms with Crippen LogP contribution in [0.25, 0.3) is 0 Å². The van der Waals surface area contributed by atoms with Gasteiger partial charge in [0.1, 0.15) is 6.61 Å². The van der Waals surface area contributed by atoms with E-state index in [0.717, 1.165) is 12.0 Å². The molecule has 0 aliphatic carbocycles. The van der Waals surface area contributed by atoms with Gasteiger partial charge in [0, 0.05) is 35.5 Å². The van der Waals surface area contributed by atoms with Gasteiger partial charge in [-0.3, -0.25) is 4.79 Å². The summed E-state index contributed by atoms with van der Waals surface area (Å²) in [5.41, 5.74) is -6.79. The van der Waals surface area contributed by atoms with Gasteiger partial charge in [-0.05, 0) is 25.7 Å². The summed E-state index contributed by atoms with van der Waals surface area (Å²) in [7, 11) is -5.50. The lowest BCUT2D eigenvalue weighted by Crippen LogP contribution is -2.40. The average molecular weight is 483 g/mol. The van der Waals surface area contributed by atoms with Crippen molar-refractivity contribution >= 4 is 33.7 Å². The van der Waals surface area contributed by atoms with E-state index in [0.29, 0.717) is 17.9 Å². The molecule has 0 aliphatic heterocycles. The molecule has 0 amide bonds. The van der Waals surface area contributed by atoms with Crippen molar-refractivity contribution in [3.05, 3.63) is 0 Å². The third kappa shape index (κ3) is 8.67. The normalized spacial score (nSPS) is 16.0. The number of sulfonamides is 1. The van der Waals surface area contributed by atoms with Gasteiger partial charge >= 0.3 is 21.5 Å². The number of hydrogen-bond acceptors (Lipinski definition) is 9. The number of alkyl halides is 3. The van der Waals surface area contributed by atoms with Crippen LogP contribution in [0, 0.1) is 22.2 Å². The van der Waals surface area contributed by atoms with Crippen molar-refractivity contribution in [3.8, 4) is 0 Å². The highest BCUT2D eigenvalue weighted by molar-refractivity contribution is 7.94. The minimum Gasteiger partial charge on any atom is -0.464 e. The second-order valence-corrected chi connectivity index (χ2v) is 10.1. The zero-order valence-corrected chi connectivity index (χ0v) is 19.1. The van der Waals surface area contributed by atoms with Crippen LogP contribution in [0.4, 0.5) is 13.2 Å². The SMILES string of the molecule is CCC(C)(CC(C)C(=N)C(C)(C)CSOOO)C(=O)OCCNS(=O)(=O)C(F)(F)F. The Morgan fingerprint density at radius 2 is 1.83 bits per heavy atom. The first-order valence-electron chi connectivity index (χ1n) is 8.96. The van der Waals surface area contributed by atoms with Gasteiger partial charge in [-0.25, -0.2) is 18.4 Å². The summed E-state index contributed by atoms with van der Waals surface area (Å²) in [4.78, 5) is 12.5. The largest absolute Gasteiger partial charge is 0.511 e. The number of carbonyl (C=O) groups is 1. The van der Waals surface area contributed by atoms with Crippen molar-refractivity contribution in [3.63, 3.8) is 0 Å². The molecule has 0 aromatic carbocycles. The van der Waals surface area contributed by atoms with E-state index >= 15 is 0 Å². The fraction of sp³-hybridized carbons (Fsp3) is 0.875. The van der Waals surface area contributed by atoms with E-state index in [9.17, 15) is 26.4 Å². The van der Waals surface area contributed by atoms with Crippen molar-refractivity contribution < 1.29 is 45.7 Å². The molecule has 0 aromatic heterocycles. The Bertz CT molecular complexity index is 687. The molecule has 0 bridgehead atoms. The number of ether oxygens (including phenoxy) is 1. The number of nitrogens with one attached hydrogen (secondary N) is 2. The first-order chi connectivity index (χ1) is 13.5. The average Bonchev–Trinajstić information content (AvgIpc) is 2.63. The summed E-state index contributed by atoms with van der Waals surface area (Å²) in [6.07, 6.45) is 0.579. The summed E-state index contributed by atoms with van der Waals surface area (Å²) in [6.45, 7) is 7.41. The second-order valence-electron chi connectivity index (χ2n) is 7.70. The Hall–Kier alpha value is -0.930. The molecular formula is C16H29F3N2O7S2. The topological polar surface area (TPSA) is 135 Å². The first-order valence-corrected chi connectivity index (χ1v) is 11.3. The molecule has 0 saturated carbocycles. The van der Waals surface area contributed by atoms with E-state index in [4.69, 9.17) is 15.4 Å². The maximum absolute atomic E-state index is 12.5. The third-order valence-electron chi connectivity index (χ3n) is 4.68. The molecule has 0 radical (unpaired) electrons. The highest BCUT2D eigenvalue weighted by atomic mass is 32.2. The van der Waals surface area contributed by atoms with Gasteiger partial charge in [-0.1, -0.05) is 32.7 Å². The van der Waals surface area contributed by atoms with Gasteiger partial charge in [-0.2, -0.15) is 13.2 Å². The lowest BCUT2D eigenvalue weighted by molar-refractivity contribution is -0.432. The minimum absolute atomic E-state index is 0.237. The van der Waals surface area contributed by atoms with Crippen LogP contribution in [0.1, 0.15) is 47.5 Å². The molecule has 178 valence electrons. The maximum atomic E-state index is 12.5. The quantitative estimate of drug-likeness (QED) is 0.0855. The van der Waals surface area contributed by atoms with Crippen molar-refractivity contribution in [1.82, 2.24) is 4.72 Å². The standard InChI is InChI=1S/C16H29F3N2O7S2/c1-6-15(5,9-11(2)12(20)14(3,4)10-29-28-27-23)13(22)26-8-7-21-30(24,25)16(17,18)19/h11,20-21,23H,6-10H2,1-5H3. The highest BCUT2D eigenvalue weighted by Gasteiger charge is 2.45. The van der Waals surface area contributed by atoms with Gasteiger partial charge in [0.15, 0.2) is 0 Å². The van der Waals surface area contributed by atoms with Crippen LogP contribution in [0.2, 0.25) is 0 Å². The molecule has 30 heavy (non-hydrogen) atoms. The molecule has 14 heteroatoms. The van der Waals surface area contributed by atoms with Crippen LogP contribution >= 0.6 is 12.0 Å². The van der Waals surface area contributed by atoms with E-state index in [2.05, 4.69) is 9.37 Å². The van der Waals surface area contributed by atoms with Crippen LogP contribution in [0.3, 0.4) is 0 Å². The van der Waals surface area contributed by atoms with Crippen molar-refractivity contribution in [2.24, 2.45) is 16.7 Å². The van der Waals surface area contributed by atoms with Gasteiger partial charge in [0.05, 0.1) is 5.41 Å². The van der Waals surface area contributed by atoms with Crippen molar-refractivity contribution in [2.45, 2.75) is 53.0 Å². The van der Waals surface area contributed by atoms with Crippen LogP contribution < -0.4 is 4.72 Å². The highest BCUT2D eigenvalue weighted by Crippen LogP contribution is 2.36. The summed E-state index contributed by atoms with van der Waals surface area (Å²) in [5.74, 6) is -0.750. The van der Waals surface area contributed by atoms with E-state index in [1.54, 1.807) is 34.6 Å². The lowest BCUT2D eigenvalue weighted by atomic mass is 9.73. The number of esters is 1. The Kier molecular flexibility index (Phi) is 11.3. The first kappa shape index (κ1) is 29.1. The Labute approximate surface area is 178 Å². The van der Waals surface area contributed by atoms with Crippen LogP contribution in [0.5, 0.6) is 0 Å². The number of carbonyl (C=O) groups excluding carboxylic acids is 1. The van der Waals surface area contributed by atoms with Gasteiger partial charge in [-0.15, -0.1) is 4.33 Å². The van der Waals surface area contributed by atoms with Crippen LogP contribution in [-0.4, -0.2) is 49.8 Å². The Morgan fingerprint density at radius 1 is 1.27 bits per heavy atom. The van der Waals surface area contributed by atoms with Crippen LogP contribution in [0.15, 0.2) is 0 Å². The summed E-state index contributed by atoms with van der Waals surface area (Å²) in [6, 6.07) is 0. The van der Waals surface area contributed by atoms with Gasteiger partial charge in [0.2, 0.25) is 0 Å². The number of halogens is 3. The summed E-state index contributed by atoms with van der Waals surface area (Å²) < 4.78 is 69.3. The molecule has 2 unspecified atom stereocenters. The zero-order valence-electron chi connectivity index (χ0n) is 17.5. The zero-order chi connectivity index (χ0) is 23.8. The van der Waals surface area contributed by atoms with Gasteiger partial charge < -0.3 is 10.1 Å². The van der Waals surface area contributed by atoms with Crippen LogP contribution in [-0.2, 0) is 28.9 Å². The molecule has 9 nitrogen and oxygen atoms in total. The Balaban J connectivity index is 4.86. The molecule has 0 spiro atoms. The molecule has 0 aliphatic rings. The third-order valence-corrected chi connectivity index (χ3v) is 6.87. The fourth-order valence-electron chi connectivity index (χ4n) is 2.66. The molecule has 0 fully saturated rings. The lowest BCUT2D eigenvalue weighted by Gasteiger charge is -2.34. The molecule has 3 N–H and O–H groups in total. The van der Waals surface area contributed by atoms with Crippen molar-refractivity contribution in [2.75, 3.05) is 18.9 Å². The fourth-order valence-corrected chi connectivity index (χ4v) is 3.72. The molecule has 0 rings (SSSR count). The molecule has 0 saturated heterocycles. The maximum Gasteiger partial charge on any atom is 0.511 e. The summed E-state index contributed by atoms with van der Waals surface area (Å²) in [5, 5.41) is 20.1. The minimum atomic E-state index is -5.50. The number of rotatable bonds is 14. The van der Waals surface area contributed by atoms with E-state index in [1.807, 2.05) is 0 Å². The Morgan fingerprint density at radius 3 is 2.30 bits per heavy atom. The summed E-state index contributed by atoms with van der Waals surface area (Å²) >= 11 is 0.812. The predicted molar refractivity (Wildman–Crippen MR) is 105 cm³/mol. The van der Waals surface area contributed by atoms with E-state index in [-0.39, 0.29) is 12.3 Å². The number of hydrogen-bond donors (Lipinski definition) is 3. The van der Waals surface area contributed by atoms with E-state index in [1.165, 1.54) is 4.72 Å². The molecular weight excluding hydrogens is 453 g/mol. The van der Waals surface area contributed by atoms with Crippen molar-refractivity contribution in [1.29, 1.82) is 5.41 Å². The monoisotopic (exact) mass is 482 g/mol. The second kappa shape index (κ2) is 11.6. The molecule has 0 aromatic rings. The van der Waals surface area contributed by atoms with E-state index < -0.39 is 45.5 Å².